The largest absolute Gasteiger partial charge is 0.466 e. The van der Waals surface area contributed by atoms with Crippen LogP contribution in [0.15, 0.2) is 42.5 Å². The van der Waals surface area contributed by atoms with Crippen LogP contribution in [0.5, 0.6) is 0 Å². The molecule has 0 aliphatic rings. The molecule has 0 aliphatic carbocycles. The van der Waals surface area contributed by atoms with Gasteiger partial charge in [-0.2, -0.15) is 0 Å². The van der Waals surface area contributed by atoms with E-state index in [2.05, 4.69) is 0 Å². The Kier molecular flexibility index (Phi) is 4.53. The molecule has 0 fully saturated rings. The maximum Gasteiger partial charge on any atom is 0.305 e. The smallest absolute Gasteiger partial charge is 0.305 e. The Labute approximate surface area is 112 Å². The molecule has 0 radical (unpaired) electrons. The van der Waals surface area contributed by atoms with Crippen molar-refractivity contribution in [3.05, 3.63) is 48.0 Å². The number of rotatable bonds is 5. The molecule has 1 unspecified atom stereocenters. The lowest BCUT2D eigenvalue weighted by molar-refractivity contribution is -0.143. The van der Waals surface area contributed by atoms with Crippen molar-refractivity contribution >= 4 is 16.7 Å². The highest BCUT2D eigenvalue weighted by Gasteiger charge is 2.09. The predicted octanol–water partition coefficient (Wildman–Crippen LogP) is 3.22. The van der Waals surface area contributed by atoms with Crippen LogP contribution in [0.25, 0.3) is 10.8 Å². The SMILES string of the molecule is CCC(=O)OCCC(O)c1ccc2ccccc2c1. The van der Waals surface area contributed by atoms with Gasteiger partial charge in [0, 0.05) is 12.8 Å². The topological polar surface area (TPSA) is 46.5 Å². The normalized spacial score (nSPS) is 12.3. The molecule has 0 aromatic heterocycles. The molecule has 0 saturated heterocycles. The van der Waals surface area contributed by atoms with Crippen molar-refractivity contribution in [2.24, 2.45) is 0 Å². The Morgan fingerprint density at radius 3 is 2.68 bits per heavy atom. The predicted molar refractivity (Wildman–Crippen MR) is 74.8 cm³/mol. The van der Waals surface area contributed by atoms with Crippen molar-refractivity contribution in [1.82, 2.24) is 0 Å². The number of aliphatic hydroxyl groups is 1. The number of carbonyl (C=O) groups is 1. The van der Waals surface area contributed by atoms with E-state index in [1.54, 1.807) is 6.92 Å². The third-order valence-electron chi connectivity index (χ3n) is 3.10. The highest BCUT2D eigenvalue weighted by molar-refractivity contribution is 5.83. The molecule has 3 heteroatoms. The number of hydrogen-bond acceptors (Lipinski definition) is 3. The molecular formula is C16H18O3. The summed E-state index contributed by atoms with van der Waals surface area (Å²) >= 11 is 0. The lowest BCUT2D eigenvalue weighted by Crippen LogP contribution is -2.08. The maximum atomic E-state index is 11.0. The molecule has 2 aromatic carbocycles. The Bertz CT molecular complexity index is 563. The van der Waals surface area contributed by atoms with Gasteiger partial charge in [-0.1, -0.05) is 43.3 Å². The summed E-state index contributed by atoms with van der Waals surface area (Å²) in [5.74, 6) is -0.231. The molecule has 0 aliphatic heterocycles. The average Bonchev–Trinajstić information content (AvgIpc) is 2.46. The third kappa shape index (κ3) is 3.55. The lowest BCUT2D eigenvalue weighted by Gasteiger charge is -2.12. The van der Waals surface area contributed by atoms with Crippen molar-refractivity contribution in [3.63, 3.8) is 0 Å². The monoisotopic (exact) mass is 258 g/mol. The summed E-state index contributed by atoms with van der Waals surface area (Å²) in [5.41, 5.74) is 0.853. The average molecular weight is 258 g/mol. The zero-order chi connectivity index (χ0) is 13.7. The minimum absolute atomic E-state index is 0.231. The fourth-order valence-corrected chi connectivity index (χ4v) is 1.97. The van der Waals surface area contributed by atoms with E-state index in [1.165, 1.54) is 0 Å². The highest BCUT2D eigenvalue weighted by Crippen LogP contribution is 2.22. The van der Waals surface area contributed by atoms with E-state index >= 15 is 0 Å². The van der Waals surface area contributed by atoms with Crippen molar-refractivity contribution in [3.8, 4) is 0 Å². The summed E-state index contributed by atoms with van der Waals surface area (Å²) in [6.45, 7) is 2.00. The standard InChI is InChI=1S/C16H18O3/c1-2-16(18)19-10-9-15(17)14-8-7-12-5-3-4-6-13(12)11-14/h3-8,11,15,17H,2,9-10H2,1H3. The van der Waals surface area contributed by atoms with Gasteiger partial charge in [0.25, 0.3) is 0 Å². The molecule has 1 atom stereocenters. The fraction of sp³-hybridized carbons (Fsp3) is 0.312. The quantitative estimate of drug-likeness (QED) is 0.838. The number of fused-ring (bicyclic) bond motifs is 1. The maximum absolute atomic E-state index is 11.0. The van der Waals surface area contributed by atoms with Crippen LogP contribution < -0.4 is 0 Å². The fourth-order valence-electron chi connectivity index (χ4n) is 1.97. The van der Waals surface area contributed by atoms with Crippen LogP contribution in [0.4, 0.5) is 0 Å². The van der Waals surface area contributed by atoms with Gasteiger partial charge in [0.2, 0.25) is 0 Å². The highest BCUT2D eigenvalue weighted by atomic mass is 16.5. The lowest BCUT2D eigenvalue weighted by atomic mass is 10.0. The van der Waals surface area contributed by atoms with E-state index in [9.17, 15) is 9.90 Å². The Hall–Kier alpha value is -1.87. The van der Waals surface area contributed by atoms with Crippen LogP contribution in [0, 0.1) is 0 Å². The van der Waals surface area contributed by atoms with Crippen LogP contribution >= 0.6 is 0 Å². The summed E-state index contributed by atoms with van der Waals surface area (Å²) < 4.78 is 4.97. The first kappa shape index (κ1) is 13.6. The number of esters is 1. The minimum Gasteiger partial charge on any atom is -0.466 e. The summed E-state index contributed by atoms with van der Waals surface area (Å²) in [5, 5.41) is 12.3. The van der Waals surface area contributed by atoms with Gasteiger partial charge in [-0.25, -0.2) is 0 Å². The number of benzene rings is 2. The van der Waals surface area contributed by atoms with Gasteiger partial charge in [-0.15, -0.1) is 0 Å². The number of aliphatic hydroxyl groups excluding tert-OH is 1. The van der Waals surface area contributed by atoms with E-state index in [1.807, 2.05) is 42.5 Å². The van der Waals surface area contributed by atoms with Crippen molar-refractivity contribution in [1.29, 1.82) is 0 Å². The first-order valence-corrected chi connectivity index (χ1v) is 6.53. The van der Waals surface area contributed by atoms with E-state index in [0.717, 1.165) is 16.3 Å². The number of hydrogen-bond donors (Lipinski definition) is 1. The molecular weight excluding hydrogens is 240 g/mol. The first-order chi connectivity index (χ1) is 9.20. The zero-order valence-corrected chi connectivity index (χ0v) is 11.0. The van der Waals surface area contributed by atoms with Crippen molar-refractivity contribution in [2.45, 2.75) is 25.9 Å². The first-order valence-electron chi connectivity index (χ1n) is 6.53. The van der Waals surface area contributed by atoms with Gasteiger partial charge in [-0.05, 0) is 22.4 Å². The molecule has 1 N–H and O–H groups in total. The van der Waals surface area contributed by atoms with Crippen LogP contribution in [0.3, 0.4) is 0 Å². The molecule has 0 bridgehead atoms. The summed E-state index contributed by atoms with van der Waals surface area (Å²) in [4.78, 5) is 11.0. The summed E-state index contributed by atoms with van der Waals surface area (Å²) in [6, 6.07) is 13.9. The van der Waals surface area contributed by atoms with Crippen LogP contribution in [-0.4, -0.2) is 17.7 Å². The molecule has 19 heavy (non-hydrogen) atoms. The van der Waals surface area contributed by atoms with Gasteiger partial charge >= 0.3 is 5.97 Å². The molecule has 0 saturated carbocycles. The zero-order valence-electron chi connectivity index (χ0n) is 11.0. The summed E-state index contributed by atoms with van der Waals surface area (Å²) in [6.07, 6.45) is 0.185. The van der Waals surface area contributed by atoms with Gasteiger partial charge in [0.05, 0.1) is 12.7 Å². The molecule has 100 valence electrons. The number of carbonyl (C=O) groups excluding carboxylic acids is 1. The number of ether oxygens (including phenoxy) is 1. The van der Waals surface area contributed by atoms with Crippen LogP contribution in [0.2, 0.25) is 0 Å². The molecule has 3 nitrogen and oxygen atoms in total. The Morgan fingerprint density at radius 1 is 1.21 bits per heavy atom. The molecule has 0 amide bonds. The van der Waals surface area contributed by atoms with Crippen molar-refractivity contribution < 1.29 is 14.6 Å². The van der Waals surface area contributed by atoms with Crippen molar-refractivity contribution in [2.75, 3.05) is 6.61 Å². The summed E-state index contributed by atoms with van der Waals surface area (Å²) in [7, 11) is 0. The molecule has 0 heterocycles. The van der Waals surface area contributed by atoms with Gasteiger partial charge in [0.1, 0.15) is 0 Å². The van der Waals surface area contributed by atoms with E-state index in [4.69, 9.17) is 4.74 Å². The third-order valence-corrected chi connectivity index (χ3v) is 3.10. The van der Waals surface area contributed by atoms with E-state index in [-0.39, 0.29) is 12.6 Å². The second-order valence-corrected chi connectivity index (χ2v) is 4.49. The Morgan fingerprint density at radius 2 is 1.95 bits per heavy atom. The Balaban J connectivity index is 2.00. The second kappa shape index (κ2) is 6.34. The minimum atomic E-state index is -0.603. The van der Waals surface area contributed by atoms with Gasteiger partial charge in [0.15, 0.2) is 0 Å². The molecule has 2 rings (SSSR count). The second-order valence-electron chi connectivity index (χ2n) is 4.49. The van der Waals surface area contributed by atoms with Crippen LogP contribution in [-0.2, 0) is 9.53 Å². The molecule has 2 aromatic rings. The molecule has 0 spiro atoms. The van der Waals surface area contributed by atoms with Crippen LogP contribution in [0.1, 0.15) is 31.4 Å². The van der Waals surface area contributed by atoms with E-state index in [0.29, 0.717) is 12.8 Å². The van der Waals surface area contributed by atoms with Gasteiger partial charge < -0.3 is 9.84 Å². The van der Waals surface area contributed by atoms with Gasteiger partial charge in [-0.3, -0.25) is 4.79 Å². The van der Waals surface area contributed by atoms with E-state index < -0.39 is 6.10 Å².